The number of nitrogens with two attached hydrogens (primary N) is 1. The molecule has 0 bridgehead atoms. The Morgan fingerprint density at radius 2 is 2.21 bits per heavy atom. The van der Waals surface area contributed by atoms with Crippen LogP contribution in [0, 0.1) is 0 Å². The van der Waals surface area contributed by atoms with E-state index in [1.807, 2.05) is 29.6 Å². The minimum Gasteiger partial charge on any atom is -0.398 e. The standard InChI is InChI=1S/C13H10BrN3OS/c14-9-2-1-8(10(15)5-9)6-17-7-16-11-3-4-19-12(11)13(17)18/h1-5,7H,6,15H2. The van der Waals surface area contributed by atoms with Crippen molar-refractivity contribution >= 4 is 43.2 Å². The first-order valence-electron chi connectivity index (χ1n) is 5.62. The average Bonchev–Trinajstić information content (AvgIpc) is 2.85. The molecule has 2 N–H and O–H groups in total. The molecule has 96 valence electrons. The highest BCUT2D eigenvalue weighted by Gasteiger charge is 2.07. The second-order valence-electron chi connectivity index (χ2n) is 4.16. The molecule has 0 aliphatic rings. The highest BCUT2D eigenvalue weighted by atomic mass is 79.9. The fourth-order valence-corrected chi connectivity index (χ4v) is 3.06. The normalized spacial score (nSPS) is 11.0. The third-order valence-corrected chi connectivity index (χ3v) is 4.27. The van der Waals surface area contributed by atoms with Gasteiger partial charge >= 0.3 is 0 Å². The SMILES string of the molecule is Nc1cc(Br)ccc1Cn1cnc2ccsc2c1=O. The van der Waals surface area contributed by atoms with Gasteiger partial charge in [0.2, 0.25) is 0 Å². The maximum Gasteiger partial charge on any atom is 0.271 e. The molecule has 3 aromatic rings. The molecule has 0 aliphatic heterocycles. The number of halogens is 1. The molecular weight excluding hydrogens is 326 g/mol. The Hall–Kier alpha value is -1.66. The summed E-state index contributed by atoms with van der Waals surface area (Å²) in [6, 6.07) is 7.50. The number of hydrogen-bond acceptors (Lipinski definition) is 4. The third-order valence-electron chi connectivity index (χ3n) is 2.88. The smallest absolute Gasteiger partial charge is 0.271 e. The van der Waals surface area contributed by atoms with E-state index < -0.39 is 0 Å². The Morgan fingerprint density at radius 3 is 3.00 bits per heavy atom. The Morgan fingerprint density at radius 1 is 1.37 bits per heavy atom. The molecule has 19 heavy (non-hydrogen) atoms. The summed E-state index contributed by atoms with van der Waals surface area (Å²) in [5.74, 6) is 0. The minimum atomic E-state index is -0.0256. The van der Waals surface area contributed by atoms with Gasteiger partial charge in [0, 0.05) is 10.2 Å². The van der Waals surface area contributed by atoms with Gasteiger partial charge in [0.05, 0.1) is 18.4 Å². The Balaban J connectivity index is 2.05. The summed E-state index contributed by atoms with van der Waals surface area (Å²) < 4.78 is 3.18. The lowest BCUT2D eigenvalue weighted by Crippen LogP contribution is -2.20. The first kappa shape index (κ1) is 12.4. The molecule has 0 fully saturated rings. The largest absolute Gasteiger partial charge is 0.398 e. The Bertz CT molecular complexity index is 809. The zero-order valence-electron chi connectivity index (χ0n) is 9.84. The highest BCUT2D eigenvalue weighted by Crippen LogP contribution is 2.19. The molecule has 0 atom stereocenters. The molecule has 6 heteroatoms. The lowest BCUT2D eigenvalue weighted by Gasteiger charge is -2.08. The van der Waals surface area contributed by atoms with Crippen LogP contribution in [0.3, 0.4) is 0 Å². The van der Waals surface area contributed by atoms with Crippen LogP contribution in [-0.4, -0.2) is 9.55 Å². The number of aromatic nitrogens is 2. The van der Waals surface area contributed by atoms with E-state index in [0.717, 1.165) is 15.6 Å². The predicted molar refractivity (Wildman–Crippen MR) is 81.5 cm³/mol. The van der Waals surface area contributed by atoms with Crippen LogP contribution in [0.15, 0.2) is 45.2 Å². The van der Waals surface area contributed by atoms with Crippen LogP contribution < -0.4 is 11.3 Å². The highest BCUT2D eigenvalue weighted by molar-refractivity contribution is 9.10. The van der Waals surface area contributed by atoms with Crippen molar-refractivity contribution < 1.29 is 0 Å². The summed E-state index contributed by atoms with van der Waals surface area (Å²) in [5.41, 5.74) is 8.23. The van der Waals surface area contributed by atoms with E-state index in [1.165, 1.54) is 11.3 Å². The van der Waals surface area contributed by atoms with Gasteiger partial charge in [-0.3, -0.25) is 9.36 Å². The van der Waals surface area contributed by atoms with Crippen LogP contribution in [0.4, 0.5) is 5.69 Å². The van der Waals surface area contributed by atoms with E-state index >= 15 is 0 Å². The van der Waals surface area contributed by atoms with Gasteiger partial charge in [0.1, 0.15) is 4.70 Å². The van der Waals surface area contributed by atoms with E-state index in [9.17, 15) is 4.79 Å². The molecule has 1 aromatic carbocycles. The van der Waals surface area contributed by atoms with Gasteiger partial charge in [0.15, 0.2) is 0 Å². The Labute approximate surface area is 121 Å². The van der Waals surface area contributed by atoms with Crippen molar-refractivity contribution in [1.82, 2.24) is 9.55 Å². The van der Waals surface area contributed by atoms with Crippen LogP contribution in [0.5, 0.6) is 0 Å². The van der Waals surface area contributed by atoms with Crippen LogP contribution in [0.2, 0.25) is 0 Å². The quantitative estimate of drug-likeness (QED) is 0.732. The van der Waals surface area contributed by atoms with Gasteiger partial charge in [-0.1, -0.05) is 22.0 Å². The summed E-state index contributed by atoms with van der Waals surface area (Å²) in [7, 11) is 0. The molecular formula is C13H10BrN3OS. The average molecular weight is 336 g/mol. The molecule has 0 saturated heterocycles. The van der Waals surface area contributed by atoms with E-state index in [-0.39, 0.29) is 5.56 Å². The fourth-order valence-electron chi connectivity index (χ4n) is 1.88. The van der Waals surface area contributed by atoms with E-state index in [1.54, 1.807) is 10.9 Å². The van der Waals surface area contributed by atoms with Gasteiger partial charge in [-0.05, 0) is 29.1 Å². The minimum absolute atomic E-state index is 0.0256. The van der Waals surface area contributed by atoms with Crippen LogP contribution in [0.25, 0.3) is 10.2 Å². The van der Waals surface area contributed by atoms with Crippen molar-refractivity contribution in [2.24, 2.45) is 0 Å². The molecule has 2 aromatic heterocycles. The zero-order valence-corrected chi connectivity index (χ0v) is 12.2. The van der Waals surface area contributed by atoms with Crippen LogP contribution in [0.1, 0.15) is 5.56 Å². The second kappa shape index (κ2) is 4.79. The monoisotopic (exact) mass is 335 g/mol. The number of benzene rings is 1. The van der Waals surface area contributed by atoms with Gasteiger partial charge in [-0.2, -0.15) is 0 Å². The lowest BCUT2D eigenvalue weighted by molar-refractivity contribution is 0.751. The van der Waals surface area contributed by atoms with Crippen molar-refractivity contribution in [2.75, 3.05) is 5.73 Å². The zero-order chi connectivity index (χ0) is 13.4. The summed E-state index contributed by atoms with van der Waals surface area (Å²) in [6.07, 6.45) is 1.57. The number of thiophene rings is 1. The van der Waals surface area contributed by atoms with Crippen LogP contribution >= 0.6 is 27.3 Å². The van der Waals surface area contributed by atoms with Crippen LogP contribution in [-0.2, 0) is 6.54 Å². The molecule has 0 amide bonds. The molecule has 0 spiro atoms. The summed E-state index contributed by atoms with van der Waals surface area (Å²) in [6.45, 7) is 0.429. The van der Waals surface area contributed by atoms with E-state index in [2.05, 4.69) is 20.9 Å². The molecule has 0 radical (unpaired) electrons. The third kappa shape index (κ3) is 2.29. The topological polar surface area (TPSA) is 60.9 Å². The van der Waals surface area contributed by atoms with Crippen molar-refractivity contribution in [2.45, 2.75) is 6.54 Å². The molecule has 0 unspecified atom stereocenters. The van der Waals surface area contributed by atoms with Gasteiger partial charge in [-0.15, -0.1) is 11.3 Å². The van der Waals surface area contributed by atoms with Crippen molar-refractivity contribution in [3.05, 3.63) is 56.4 Å². The van der Waals surface area contributed by atoms with Gasteiger partial charge in [0.25, 0.3) is 5.56 Å². The number of hydrogen-bond donors (Lipinski definition) is 1. The Kier molecular flexibility index (Phi) is 3.12. The predicted octanol–water partition coefficient (Wildman–Crippen LogP) is 2.85. The van der Waals surface area contributed by atoms with Crippen molar-refractivity contribution in [1.29, 1.82) is 0 Å². The number of rotatable bonds is 2. The number of nitrogen functional groups attached to an aromatic ring is 1. The fraction of sp³-hybridized carbons (Fsp3) is 0.0769. The number of fused-ring (bicyclic) bond motifs is 1. The maximum absolute atomic E-state index is 12.3. The summed E-state index contributed by atoms with van der Waals surface area (Å²) in [4.78, 5) is 16.5. The number of anilines is 1. The first-order valence-corrected chi connectivity index (χ1v) is 7.29. The molecule has 0 aliphatic carbocycles. The summed E-state index contributed by atoms with van der Waals surface area (Å²) >= 11 is 4.78. The van der Waals surface area contributed by atoms with Crippen molar-refractivity contribution in [3.8, 4) is 0 Å². The second-order valence-corrected chi connectivity index (χ2v) is 5.99. The van der Waals surface area contributed by atoms with E-state index in [4.69, 9.17) is 5.73 Å². The van der Waals surface area contributed by atoms with Gasteiger partial charge in [-0.25, -0.2) is 4.98 Å². The first-order chi connectivity index (χ1) is 9.15. The van der Waals surface area contributed by atoms with Crippen molar-refractivity contribution in [3.63, 3.8) is 0 Å². The number of nitrogens with zero attached hydrogens (tertiary/aromatic N) is 2. The molecule has 4 nitrogen and oxygen atoms in total. The maximum atomic E-state index is 12.3. The van der Waals surface area contributed by atoms with E-state index in [0.29, 0.717) is 16.9 Å². The van der Waals surface area contributed by atoms with Gasteiger partial charge < -0.3 is 5.73 Å². The summed E-state index contributed by atoms with van der Waals surface area (Å²) in [5, 5.41) is 1.87. The lowest BCUT2D eigenvalue weighted by atomic mass is 10.2. The molecule has 3 rings (SSSR count). The molecule has 0 saturated carbocycles. The molecule has 2 heterocycles.